The lowest BCUT2D eigenvalue weighted by Crippen LogP contribution is -2.00. The molecular formula is C17H13NO2. The molecule has 0 radical (unpaired) electrons. The lowest BCUT2D eigenvalue weighted by molar-refractivity contribution is -0.132. The molecule has 0 spiro atoms. The summed E-state index contributed by atoms with van der Waals surface area (Å²) in [5.41, 5.74) is 3.14. The van der Waals surface area contributed by atoms with E-state index in [1.807, 2.05) is 54.6 Å². The monoisotopic (exact) mass is 263 g/mol. The van der Waals surface area contributed by atoms with Gasteiger partial charge in [-0.15, -0.1) is 0 Å². The van der Waals surface area contributed by atoms with Crippen LogP contribution in [-0.2, 0) is 4.79 Å². The summed E-state index contributed by atoms with van der Waals surface area (Å²) in [6.45, 7) is 1.64. The zero-order chi connectivity index (χ0) is 14.5. The molecule has 3 nitrogen and oxygen atoms in total. The van der Waals surface area contributed by atoms with Crippen LogP contribution in [0.15, 0.2) is 60.2 Å². The Balaban J connectivity index is 2.39. The molecule has 0 aliphatic heterocycles. The summed E-state index contributed by atoms with van der Waals surface area (Å²) in [4.78, 5) is 11.0. The predicted octanol–water partition coefficient (Wildman–Crippen LogP) is 3.74. The number of carboxylic acids is 1. The van der Waals surface area contributed by atoms with Crippen LogP contribution in [0.4, 0.5) is 0 Å². The van der Waals surface area contributed by atoms with Gasteiger partial charge in [0.2, 0.25) is 0 Å². The van der Waals surface area contributed by atoms with Gasteiger partial charge in [0.05, 0.1) is 0 Å². The van der Waals surface area contributed by atoms with Crippen molar-refractivity contribution in [3.63, 3.8) is 0 Å². The molecule has 0 saturated carbocycles. The number of rotatable bonds is 3. The highest BCUT2D eigenvalue weighted by Crippen LogP contribution is 2.23. The molecule has 0 fully saturated rings. The Kier molecular flexibility index (Phi) is 3.97. The normalized spacial score (nSPS) is 11.4. The second kappa shape index (κ2) is 5.85. The van der Waals surface area contributed by atoms with Gasteiger partial charge in [0.15, 0.2) is 0 Å². The summed E-state index contributed by atoms with van der Waals surface area (Å²) >= 11 is 0. The number of nitriles is 1. The average molecular weight is 263 g/mol. The molecule has 0 aromatic heterocycles. The van der Waals surface area contributed by atoms with E-state index < -0.39 is 5.97 Å². The third kappa shape index (κ3) is 2.76. The molecule has 0 bridgehead atoms. The van der Waals surface area contributed by atoms with Crippen LogP contribution in [0, 0.1) is 11.3 Å². The lowest BCUT2D eigenvalue weighted by atomic mass is 9.98. The fourth-order valence-electron chi connectivity index (χ4n) is 1.98. The lowest BCUT2D eigenvalue weighted by Gasteiger charge is -2.06. The topological polar surface area (TPSA) is 61.1 Å². The Labute approximate surface area is 117 Å². The average Bonchev–Trinajstić information content (AvgIpc) is 2.48. The molecule has 98 valence electrons. The highest BCUT2D eigenvalue weighted by Gasteiger charge is 2.11. The minimum atomic E-state index is -1.20. The van der Waals surface area contributed by atoms with Crippen LogP contribution in [0.1, 0.15) is 12.5 Å². The van der Waals surface area contributed by atoms with Gasteiger partial charge in [-0.1, -0.05) is 54.6 Å². The molecule has 2 rings (SSSR count). The quantitative estimate of drug-likeness (QED) is 0.678. The number of aliphatic carboxylic acids is 1. The largest absolute Gasteiger partial charge is 0.477 e. The minimum Gasteiger partial charge on any atom is -0.477 e. The van der Waals surface area contributed by atoms with Gasteiger partial charge in [-0.05, 0) is 29.2 Å². The van der Waals surface area contributed by atoms with E-state index in [4.69, 9.17) is 10.4 Å². The summed E-state index contributed by atoms with van der Waals surface area (Å²) < 4.78 is 0. The second-order valence-electron chi connectivity index (χ2n) is 4.36. The number of allylic oxidation sites excluding steroid dienone is 1. The van der Waals surface area contributed by atoms with Gasteiger partial charge in [-0.3, -0.25) is 0 Å². The summed E-state index contributed by atoms with van der Waals surface area (Å²) in [6, 6.07) is 19.1. The highest BCUT2D eigenvalue weighted by molar-refractivity contribution is 6.00. The molecule has 2 aromatic rings. The summed E-state index contributed by atoms with van der Waals surface area (Å²) in [5, 5.41) is 17.8. The van der Waals surface area contributed by atoms with Gasteiger partial charge >= 0.3 is 5.97 Å². The molecule has 0 unspecified atom stereocenters. The molecule has 3 heteroatoms. The molecule has 0 heterocycles. The second-order valence-corrected chi connectivity index (χ2v) is 4.36. The Morgan fingerprint density at radius 2 is 1.55 bits per heavy atom. The van der Waals surface area contributed by atoms with Crippen molar-refractivity contribution in [1.29, 1.82) is 5.26 Å². The van der Waals surface area contributed by atoms with E-state index in [2.05, 4.69) is 0 Å². The van der Waals surface area contributed by atoms with Crippen molar-refractivity contribution in [3.05, 3.63) is 65.7 Å². The van der Waals surface area contributed by atoms with Crippen LogP contribution in [0.3, 0.4) is 0 Å². The molecule has 20 heavy (non-hydrogen) atoms. The summed E-state index contributed by atoms with van der Waals surface area (Å²) in [5.74, 6) is -1.20. The maximum atomic E-state index is 11.0. The summed E-state index contributed by atoms with van der Waals surface area (Å²) in [6.07, 6.45) is 0. The van der Waals surface area contributed by atoms with Crippen LogP contribution < -0.4 is 0 Å². The van der Waals surface area contributed by atoms with E-state index in [1.54, 1.807) is 13.0 Å². The Hall–Kier alpha value is -2.86. The number of hydrogen-bond acceptors (Lipinski definition) is 2. The molecular weight excluding hydrogens is 250 g/mol. The van der Waals surface area contributed by atoms with E-state index in [-0.39, 0.29) is 5.57 Å². The number of nitrogens with zero attached hydrogens (tertiary/aromatic N) is 1. The predicted molar refractivity (Wildman–Crippen MR) is 77.7 cm³/mol. The van der Waals surface area contributed by atoms with Crippen molar-refractivity contribution in [2.75, 3.05) is 0 Å². The van der Waals surface area contributed by atoms with Crippen LogP contribution in [0.5, 0.6) is 0 Å². The number of carboxylic acid groups (broad SMARTS) is 1. The van der Waals surface area contributed by atoms with Gasteiger partial charge in [-0.2, -0.15) is 5.26 Å². The standard InChI is InChI=1S/C17H13NO2/c1-12(16(11-18)17(19)20)13-7-9-15(10-8-13)14-5-3-2-4-6-14/h2-10H,1H3,(H,19,20)/b16-12-. The first-order chi connectivity index (χ1) is 9.63. The van der Waals surface area contributed by atoms with Crippen molar-refractivity contribution < 1.29 is 9.90 Å². The third-order valence-corrected chi connectivity index (χ3v) is 3.13. The summed E-state index contributed by atoms with van der Waals surface area (Å²) in [7, 11) is 0. The smallest absolute Gasteiger partial charge is 0.346 e. The third-order valence-electron chi connectivity index (χ3n) is 3.13. The SMILES string of the molecule is C/C(=C(\C#N)C(=O)O)c1ccc(-c2ccccc2)cc1. The first-order valence-electron chi connectivity index (χ1n) is 6.13. The molecule has 1 N–H and O–H groups in total. The van der Waals surface area contributed by atoms with Crippen molar-refractivity contribution in [1.82, 2.24) is 0 Å². The Bertz CT molecular complexity index is 692. The fraction of sp³-hybridized carbons (Fsp3) is 0.0588. The van der Waals surface area contributed by atoms with E-state index in [9.17, 15) is 4.79 Å². The van der Waals surface area contributed by atoms with Crippen LogP contribution in [0.25, 0.3) is 16.7 Å². The molecule has 0 saturated heterocycles. The van der Waals surface area contributed by atoms with Crippen molar-refractivity contribution in [3.8, 4) is 17.2 Å². The van der Waals surface area contributed by atoms with Gasteiger partial charge in [-0.25, -0.2) is 4.79 Å². The van der Waals surface area contributed by atoms with Gasteiger partial charge in [0, 0.05) is 0 Å². The number of hydrogen-bond donors (Lipinski definition) is 1. The first-order valence-corrected chi connectivity index (χ1v) is 6.13. The van der Waals surface area contributed by atoms with Crippen LogP contribution in [-0.4, -0.2) is 11.1 Å². The van der Waals surface area contributed by atoms with Crippen LogP contribution >= 0.6 is 0 Å². The van der Waals surface area contributed by atoms with Crippen molar-refractivity contribution >= 4 is 11.5 Å². The van der Waals surface area contributed by atoms with Crippen molar-refractivity contribution in [2.24, 2.45) is 0 Å². The van der Waals surface area contributed by atoms with Crippen LogP contribution in [0.2, 0.25) is 0 Å². The fourth-order valence-corrected chi connectivity index (χ4v) is 1.98. The van der Waals surface area contributed by atoms with E-state index in [0.717, 1.165) is 16.7 Å². The van der Waals surface area contributed by atoms with Gasteiger partial charge < -0.3 is 5.11 Å². The molecule has 2 aromatic carbocycles. The maximum absolute atomic E-state index is 11.0. The van der Waals surface area contributed by atoms with E-state index in [0.29, 0.717) is 5.57 Å². The zero-order valence-electron chi connectivity index (χ0n) is 11.0. The molecule has 0 aliphatic carbocycles. The molecule has 0 aliphatic rings. The van der Waals surface area contributed by atoms with Crippen molar-refractivity contribution in [2.45, 2.75) is 6.92 Å². The first kappa shape index (κ1) is 13.6. The maximum Gasteiger partial charge on any atom is 0.346 e. The number of benzene rings is 2. The van der Waals surface area contributed by atoms with Gasteiger partial charge in [0.25, 0.3) is 0 Å². The van der Waals surface area contributed by atoms with Gasteiger partial charge in [0.1, 0.15) is 11.6 Å². The van der Waals surface area contributed by atoms with E-state index >= 15 is 0 Å². The Morgan fingerprint density at radius 1 is 1.00 bits per heavy atom. The highest BCUT2D eigenvalue weighted by atomic mass is 16.4. The Morgan fingerprint density at radius 3 is 2.05 bits per heavy atom. The van der Waals surface area contributed by atoms with E-state index in [1.165, 1.54) is 0 Å². The molecule has 0 amide bonds. The molecule has 0 atom stereocenters. The minimum absolute atomic E-state index is 0.225. The number of carbonyl (C=O) groups is 1. The zero-order valence-corrected chi connectivity index (χ0v) is 11.0.